The van der Waals surface area contributed by atoms with Crippen LogP contribution in [0.25, 0.3) is 5.69 Å². The fourth-order valence-corrected chi connectivity index (χ4v) is 4.14. The number of hydrogen-bond acceptors (Lipinski definition) is 5. The van der Waals surface area contributed by atoms with E-state index in [0.717, 1.165) is 11.4 Å². The van der Waals surface area contributed by atoms with E-state index in [1.54, 1.807) is 39.9 Å². The SMILES string of the molecule is Cc1cc(NC(=O)C2CC(=O)N(c3ccc4c(c3)OCCO4)C2)n(-c2cccc(Cl)c2)n1. The molecule has 0 aliphatic carbocycles. The molecule has 3 heterocycles. The number of nitrogens with one attached hydrogen (secondary N) is 1. The summed E-state index contributed by atoms with van der Waals surface area (Å²) in [5.41, 5.74) is 2.18. The molecule has 32 heavy (non-hydrogen) atoms. The standard InChI is InChI=1S/C23H21ClN4O4/c1-14-9-21(28(26-14)18-4-2-3-16(24)11-18)25-23(30)15-10-22(29)27(13-15)17-5-6-19-20(12-17)32-8-7-31-19/h2-6,9,11-12,15H,7-8,10,13H2,1H3,(H,25,30). The first-order valence-electron chi connectivity index (χ1n) is 10.3. The van der Waals surface area contributed by atoms with Gasteiger partial charge in [0.05, 0.1) is 17.3 Å². The van der Waals surface area contributed by atoms with Gasteiger partial charge in [0.15, 0.2) is 11.5 Å². The number of carbonyl (C=O) groups is 2. The van der Waals surface area contributed by atoms with Crippen LogP contribution in [-0.2, 0) is 9.59 Å². The maximum Gasteiger partial charge on any atom is 0.230 e. The van der Waals surface area contributed by atoms with Crippen molar-refractivity contribution in [3.05, 3.63) is 59.2 Å². The predicted octanol–water partition coefficient (Wildman–Crippen LogP) is 3.60. The van der Waals surface area contributed by atoms with Gasteiger partial charge in [-0.25, -0.2) is 4.68 Å². The summed E-state index contributed by atoms with van der Waals surface area (Å²) < 4.78 is 12.8. The van der Waals surface area contributed by atoms with Gasteiger partial charge in [0, 0.05) is 35.8 Å². The Hall–Kier alpha value is -3.52. The van der Waals surface area contributed by atoms with E-state index in [2.05, 4.69) is 10.4 Å². The highest BCUT2D eigenvalue weighted by Crippen LogP contribution is 2.36. The minimum absolute atomic E-state index is 0.110. The van der Waals surface area contributed by atoms with E-state index in [9.17, 15) is 9.59 Å². The predicted molar refractivity (Wildman–Crippen MR) is 120 cm³/mol. The number of aromatic nitrogens is 2. The van der Waals surface area contributed by atoms with Crippen LogP contribution in [-0.4, -0.2) is 41.4 Å². The molecule has 1 unspecified atom stereocenters. The lowest BCUT2D eigenvalue weighted by Crippen LogP contribution is -2.28. The van der Waals surface area contributed by atoms with Crippen LogP contribution in [0.4, 0.5) is 11.5 Å². The molecule has 1 N–H and O–H groups in total. The van der Waals surface area contributed by atoms with Gasteiger partial charge in [-0.05, 0) is 37.3 Å². The third kappa shape index (κ3) is 3.89. The maximum atomic E-state index is 13.0. The van der Waals surface area contributed by atoms with E-state index in [1.165, 1.54) is 0 Å². The van der Waals surface area contributed by atoms with Crippen LogP contribution in [0.3, 0.4) is 0 Å². The van der Waals surface area contributed by atoms with Gasteiger partial charge in [0.25, 0.3) is 0 Å². The molecule has 0 radical (unpaired) electrons. The first kappa shape index (κ1) is 20.4. The first-order valence-corrected chi connectivity index (χ1v) is 10.7. The molecule has 9 heteroatoms. The first-order chi connectivity index (χ1) is 15.5. The number of benzene rings is 2. The van der Waals surface area contributed by atoms with Crippen molar-refractivity contribution in [2.45, 2.75) is 13.3 Å². The van der Waals surface area contributed by atoms with Crippen LogP contribution in [0.15, 0.2) is 48.5 Å². The maximum absolute atomic E-state index is 13.0. The Bertz CT molecular complexity index is 1210. The number of rotatable bonds is 4. The third-order valence-electron chi connectivity index (χ3n) is 5.47. The van der Waals surface area contributed by atoms with Crippen LogP contribution in [0, 0.1) is 12.8 Å². The second-order valence-electron chi connectivity index (χ2n) is 7.79. The number of anilines is 2. The van der Waals surface area contributed by atoms with E-state index in [-0.39, 0.29) is 24.8 Å². The summed E-state index contributed by atoms with van der Waals surface area (Å²) in [4.78, 5) is 27.3. The quantitative estimate of drug-likeness (QED) is 0.653. The van der Waals surface area contributed by atoms with Gasteiger partial charge in [0.1, 0.15) is 19.0 Å². The number of carbonyl (C=O) groups excluding carboxylic acids is 2. The molecule has 8 nitrogen and oxygen atoms in total. The second-order valence-corrected chi connectivity index (χ2v) is 8.22. The lowest BCUT2D eigenvalue weighted by atomic mass is 10.1. The van der Waals surface area contributed by atoms with Gasteiger partial charge < -0.3 is 19.7 Å². The molecular weight excluding hydrogens is 432 g/mol. The molecule has 164 valence electrons. The Morgan fingerprint density at radius 2 is 1.91 bits per heavy atom. The molecule has 2 aromatic carbocycles. The Morgan fingerprint density at radius 3 is 2.72 bits per heavy atom. The molecule has 0 bridgehead atoms. The van der Waals surface area contributed by atoms with Crippen LogP contribution < -0.4 is 19.7 Å². The zero-order valence-corrected chi connectivity index (χ0v) is 18.1. The molecule has 2 aliphatic rings. The smallest absolute Gasteiger partial charge is 0.230 e. The van der Waals surface area contributed by atoms with E-state index in [4.69, 9.17) is 21.1 Å². The third-order valence-corrected chi connectivity index (χ3v) is 5.70. The molecule has 2 aliphatic heterocycles. The van der Waals surface area contributed by atoms with Crippen LogP contribution in [0.2, 0.25) is 5.02 Å². The van der Waals surface area contributed by atoms with Crippen molar-refractivity contribution < 1.29 is 19.1 Å². The summed E-state index contributed by atoms with van der Waals surface area (Å²) in [6, 6.07) is 14.4. The zero-order chi connectivity index (χ0) is 22.2. The Morgan fingerprint density at radius 1 is 1.09 bits per heavy atom. The number of amides is 2. The van der Waals surface area contributed by atoms with Crippen molar-refractivity contribution in [1.29, 1.82) is 0 Å². The van der Waals surface area contributed by atoms with Crippen molar-refractivity contribution in [1.82, 2.24) is 9.78 Å². The Labute approximate surface area is 189 Å². The highest BCUT2D eigenvalue weighted by molar-refractivity contribution is 6.30. The largest absolute Gasteiger partial charge is 0.486 e. The van der Waals surface area contributed by atoms with Crippen molar-refractivity contribution in [3.8, 4) is 17.2 Å². The number of fused-ring (bicyclic) bond motifs is 1. The zero-order valence-electron chi connectivity index (χ0n) is 17.4. The van der Waals surface area contributed by atoms with Crippen molar-refractivity contribution in [2.75, 3.05) is 30.0 Å². The molecule has 3 aromatic rings. The van der Waals surface area contributed by atoms with Crippen LogP contribution >= 0.6 is 11.6 Å². The summed E-state index contributed by atoms with van der Waals surface area (Å²) in [6.45, 7) is 3.10. The van der Waals surface area contributed by atoms with E-state index >= 15 is 0 Å². The normalized spacial score (nSPS) is 17.5. The van der Waals surface area contributed by atoms with Crippen LogP contribution in [0.1, 0.15) is 12.1 Å². The van der Waals surface area contributed by atoms with Gasteiger partial charge in [-0.1, -0.05) is 17.7 Å². The molecule has 1 saturated heterocycles. The Balaban J connectivity index is 1.33. The fraction of sp³-hybridized carbons (Fsp3) is 0.261. The van der Waals surface area contributed by atoms with Gasteiger partial charge in [-0.15, -0.1) is 0 Å². The highest BCUT2D eigenvalue weighted by Gasteiger charge is 2.36. The number of nitrogens with zero attached hydrogens (tertiary/aromatic N) is 3. The van der Waals surface area contributed by atoms with Gasteiger partial charge in [0.2, 0.25) is 11.8 Å². The molecule has 1 aromatic heterocycles. The Kier molecular flexibility index (Phi) is 5.22. The number of aryl methyl sites for hydroxylation is 1. The fourth-order valence-electron chi connectivity index (χ4n) is 3.95. The van der Waals surface area contributed by atoms with Crippen molar-refractivity contribution in [3.63, 3.8) is 0 Å². The number of hydrogen-bond donors (Lipinski definition) is 1. The van der Waals surface area contributed by atoms with E-state index in [0.29, 0.717) is 41.2 Å². The van der Waals surface area contributed by atoms with E-state index in [1.807, 2.05) is 25.1 Å². The molecule has 1 atom stereocenters. The number of halogens is 1. The van der Waals surface area contributed by atoms with Gasteiger partial charge in [-0.2, -0.15) is 5.10 Å². The summed E-state index contributed by atoms with van der Waals surface area (Å²) in [5.74, 6) is 0.961. The van der Waals surface area contributed by atoms with Gasteiger partial charge >= 0.3 is 0 Å². The van der Waals surface area contributed by atoms with Gasteiger partial charge in [-0.3, -0.25) is 9.59 Å². The molecule has 5 rings (SSSR count). The summed E-state index contributed by atoms with van der Waals surface area (Å²) in [6.07, 6.45) is 0.130. The molecule has 2 amide bonds. The average molecular weight is 453 g/mol. The lowest BCUT2D eigenvalue weighted by molar-refractivity contribution is -0.122. The minimum Gasteiger partial charge on any atom is -0.486 e. The molecule has 0 saturated carbocycles. The molecule has 0 spiro atoms. The van der Waals surface area contributed by atoms with Crippen LogP contribution in [0.5, 0.6) is 11.5 Å². The highest BCUT2D eigenvalue weighted by atomic mass is 35.5. The minimum atomic E-state index is -0.487. The van der Waals surface area contributed by atoms with Crippen molar-refractivity contribution in [2.24, 2.45) is 5.92 Å². The summed E-state index contributed by atoms with van der Waals surface area (Å²) in [5, 5.41) is 7.96. The average Bonchev–Trinajstić information content (AvgIpc) is 3.35. The molecular formula is C23H21ClN4O4. The summed E-state index contributed by atoms with van der Waals surface area (Å²) in [7, 11) is 0. The summed E-state index contributed by atoms with van der Waals surface area (Å²) >= 11 is 6.11. The van der Waals surface area contributed by atoms with E-state index < -0.39 is 5.92 Å². The topological polar surface area (TPSA) is 85.7 Å². The monoisotopic (exact) mass is 452 g/mol. The number of ether oxygens (including phenoxy) is 2. The molecule has 1 fully saturated rings. The lowest BCUT2D eigenvalue weighted by Gasteiger charge is -2.22. The second kappa shape index (κ2) is 8.20. The van der Waals surface area contributed by atoms with Crippen molar-refractivity contribution >= 4 is 34.9 Å².